The van der Waals surface area contributed by atoms with E-state index < -0.39 is 10.0 Å². The molecule has 1 saturated heterocycles. The highest BCUT2D eigenvalue weighted by molar-refractivity contribution is 7.89. The molecule has 0 spiro atoms. The Morgan fingerprint density at radius 3 is 2.41 bits per heavy atom. The molecule has 9 heteroatoms. The highest BCUT2D eigenvalue weighted by atomic mass is 32.2. The van der Waals surface area contributed by atoms with Crippen LogP contribution in [-0.4, -0.2) is 49.9 Å². The van der Waals surface area contributed by atoms with E-state index >= 15 is 0 Å². The van der Waals surface area contributed by atoms with E-state index in [1.54, 1.807) is 49.5 Å². The fraction of sp³-hybridized carbons (Fsp3) is 0.400. The van der Waals surface area contributed by atoms with Crippen molar-refractivity contribution in [2.24, 2.45) is 0 Å². The molecule has 2 heterocycles. The highest BCUT2D eigenvalue weighted by Crippen LogP contribution is 2.24. The van der Waals surface area contributed by atoms with Gasteiger partial charge in [0, 0.05) is 25.6 Å². The number of ether oxygens (including phenoxy) is 2. The Morgan fingerprint density at radius 1 is 1.17 bits per heavy atom. The molecule has 0 radical (unpaired) electrons. The van der Waals surface area contributed by atoms with E-state index in [1.165, 1.54) is 11.4 Å². The molecule has 3 rings (SSSR count). The van der Waals surface area contributed by atoms with Crippen LogP contribution in [0.4, 0.5) is 5.69 Å². The van der Waals surface area contributed by atoms with Gasteiger partial charge in [0.1, 0.15) is 11.9 Å². The van der Waals surface area contributed by atoms with Crippen LogP contribution in [0.2, 0.25) is 0 Å². The van der Waals surface area contributed by atoms with Crippen LogP contribution in [0.5, 0.6) is 11.6 Å². The standard InChI is InChI=1S/C20H25N3O5S/c1-3-19(24)22-15-4-9-20(21-14-15)28-17-10-12-23(13-11-17)29(25,26)18-7-5-16(27-2)6-8-18/h4-9,14,17H,3,10-13H2,1-2H3,(H,22,24). The molecule has 1 amide bonds. The van der Waals surface area contributed by atoms with E-state index in [-0.39, 0.29) is 16.9 Å². The van der Waals surface area contributed by atoms with Gasteiger partial charge in [0.25, 0.3) is 0 Å². The second-order valence-electron chi connectivity index (χ2n) is 6.68. The summed E-state index contributed by atoms with van der Waals surface area (Å²) in [6.45, 7) is 2.54. The topological polar surface area (TPSA) is 97.8 Å². The number of hydrogen-bond donors (Lipinski definition) is 1. The number of nitrogens with one attached hydrogen (secondary N) is 1. The predicted molar refractivity (Wildman–Crippen MR) is 109 cm³/mol. The summed E-state index contributed by atoms with van der Waals surface area (Å²) in [4.78, 5) is 15.9. The molecule has 1 N–H and O–H groups in total. The number of piperidine rings is 1. The SMILES string of the molecule is CCC(=O)Nc1ccc(OC2CCN(S(=O)(=O)c3ccc(OC)cc3)CC2)nc1. The lowest BCUT2D eigenvalue weighted by molar-refractivity contribution is -0.115. The van der Waals surface area contributed by atoms with Crippen LogP contribution < -0.4 is 14.8 Å². The predicted octanol–water partition coefficient (Wildman–Crippen LogP) is 2.67. The van der Waals surface area contributed by atoms with Gasteiger partial charge in [-0.1, -0.05) is 6.92 Å². The second kappa shape index (κ2) is 9.23. The van der Waals surface area contributed by atoms with Gasteiger partial charge in [-0.2, -0.15) is 4.31 Å². The molecule has 1 aliphatic heterocycles. The zero-order valence-corrected chi connectivity index (χ0v) is 17.3. The van der Waals surface area contributed by atoms with E-state index in [9.17, 15) is 13.2 Å². The molecule has 8 nitrogen and oxygen atoms in total. The summed E-state index contributed by atoms with van der Waals surface area (Å²) >= 11 is 0. The van der Waals surface area contributed by atoms with Crippen molar-refractivity contribution in [3.8, 4) is 11.6 Å². The monoisotopic (exact) mass is 419 g/mol. The number of carbonyl (C=O) groups is 1. The molecule has 29 heavy (non-hydrogen) atoms. The van der Waals surface area contributed by atoms with Crippen molar-refractivity contribution in [3.05, 3.63) is 42.6 Å². The van der Waals surface area contributed by atoms with Gasteiger partial charge >= 0.3 is 0 Å². The van der Waals surface area contributed by atoms with Crippen molar-refractivity contribution < 1.29 is 22.7 Å². The maximum atomic E-state index is 12.8. The van der Waals surface area contributed by atoms with E-state index in [2.05, 4.69) is 10.3 Å². The van der Waals surface area contributed by atoms with Crippen LogP contribution >= 0.6 is 0 Å². The van der Waals surface area contributed by atoms with Crippen molar-refractivity contribution in [1.82, 2.24) is 9.29 Å². The lowest BCUT2D eigenvalue weighted by Gasteiger charge is -2.31. The number of nitrogens with zero attached hydrogens (tertiary/aromatic N) is 2. The number of amides is 1. The Hall–Kier alpha value is -2.65. The fourth-order valence-electron chi connectivity index (χ4n) is 3.03. The molecule has 1 fully saturated rings. The number of pyridine rings is 1. The smallest absolute Gasteiger partial charge is 0.243 e. The average molecular weight is 420 g/mol. The van der Waals surface area contributed by atoms with E-state index in [0.717, 1.165) is 0 Å². The second-order valence-corrected chi connectivity index (χ2v) is 8.62. The normalized spacial score (nSPS) is 15.7. The van der Waals surface area contributed by atoms with Crippen LogP contribution in [0.25, 0.3) is 0 Å². The minimum Gasteiger partial charge on any atom is -0.497 e. The average Bonchev–Trinajstić information content (AvgIpc) is 2.75. The van der Waals surface area contributed by atoms with Gasteiger partial charge in [0.15, 0.2) is 0 Å². The van der Waals surface area contributed by atoms with E-state index in [0.29, 0.717) is 49.7 Å². The molecule has 0 atom stereocenters. The summed E-state index contributed by atoms with van der Waals surface area (Å²) in [7, 11) is -2.00. The van der Waals surface area contributed by atoms with Gasteiger partial charge in [-0.25, -0.2) is 13.4 Å². The van der Waals surface area contributed by atoms with Crippen molar-refractivity contribution in [3.63, 3.8) is 0 Å². The molecule has 0 saturated carbocycles. The number of hydrogen-bond acceptors (Lipinski definition) is 6. The fourth-order valence-corrected chi connectivity index (χ4v) is 4.50. The summed E-state index contributed by atoms with van der Waals surface area (Å²) in [5.74, 6) is 0.991. The van der Waals surface area contributed by atoms with Crippen molar-refractivity contribution >= 4 is 21.6 Å². The van der Waals surface area contributed by atoms with Gasteiger partial charge < -0.3 is 14.8 Å². The molecule has 0 aliphatic carbocycles. The maximum Gasteiger partial charge on any atom is 0.243 e. The summed E-state index contributed by atoms with van der Waals surface area (Å²) in [5, 5.41) is 2.73. The number of benzene rings is 1. The zero-order chi connectivity index (χ0) is 20.9. The number of anilines is 1. The molecule has 0 bridgehead atoms. The number of rotatable bonds is 7. The van der Waals surface area contributed by atoms with Crippen LogP contribution in [0.15, 0.2) is 47.5 Å². The lowest BCUT2D eigenvalue weighted by atomic mass is 10.1. The Morgan fingerprint density at radius 2 is 1.86 bits per heavy atom. The lowest BCUT2D eigenvalue weighted by Crippen LogP contribution is -2.41. The first-order valence-corrected chi connectivity index (χ1v) is 10.9. The number of carbonyl (C=O) groups excluding carboxylic acids is 1. The van der Waals surface area contributed by atoms with Crippen molar-refractivity contribution in [2.75, 3.05) is 25.5 Å². The highest BCUT2D eigenvalue weighted by Gasteiger charge is 2.30. The Balaban J connectivity index is 1.55. The first-order valence-electron chi connectivity index (χ1n) is 9.49. The van der Waals surface area contributed by atoms with Crippen LogP contribution in [-0.2, 0) is 14.8 Å². The molecule has 2 aromatic rings. The van der Waals surface area contributed by atoms with Crippen molar-refractivity contribution in [1.29, 1.82) is 0 Å². The zero-order valence-electron chi connectivity index (χ0n) is 16.5. The minimum absolute atomic E-state index is 0.0779. The number of methoxy groups -OCH3 is 1. The Bertz CT molecular complexity index is 922. The number of sulfonamides is 1. The van der Waals surface area contributed by atoms with Gasteiger partial charge in [0.05, 0.1) is 23.9 Å². The summed E-state index contributed by atoms with van der Waals surface area (Å²) in [5.41, 5.74) is 0.615. The summed E-state index contributed by atoms with van der Waals surface area (Å²) < 4.78 is 38.0. The third-order valence-electron chi connectivity index (χ3n) is 4.73. The quantitative estimate of drug-likeness (QED) is 0.741. The minimum atomic E-state index is -3.54. The molecule has 0 unspecified atom stereocenters. The van der Waals surface area contributed by atoms with Gasteiger partial charge in [0.2, 0.25) is 21.8 Å². The summed E-state index contributed by atoms with van der Waals surface area (Å²) in [6, 6.07) is 9.83. The van der Waals surface area contributed by atoms with Crippen LogP contribution in [0, 0.1) is 0 Å². The van der Waals surface area contributed by atoms with Crippen LogP contribution in [0.1, 0.15) is 26.2 Å². The van der Waals surface area contributed by atoms with Gasteiger partial charge in [-0.3, -0.25) is 4.79 Å². The molecule has 1 aromatic heterocycles. The molecule has 1 aromatic carbocycles. The van der Waals surface area contributed by atoms with E-state index in [4.69, 9.17) is 9.47 Å². The number of aromatic nitrogens is 1. The maximum absolute atomic E-state index is 12.8. The Labute approximate surface area is 170 Å². The molecular weight excluding hydrogens is 394 g/mol. The molecule has 156 valence electrons. The van der Waals surface area contributed by atoms with Crippen molar-refractivity contribution in [2.45, 2.75) is 37.2 Å². The first kappa shape index (κ1) is 21.1. The van der Waals surface area contributed by atoms with E-state index in [1.807, 2.05) is 0 Å². The largest absolute Gasteiger partial charge is 0.497 e. The van der Waals surface area contributed by atoms with Crippen LogP contribution in [0.3, 0.4) is 0 Å². The van der Waals surface area contributed by atoms with Gasteiger partial charge in [-0.05, 0) is 43.2 Å². The third kappa shape index (κ3) is 5.24. The summed E-state index contributed by atoms with van der Waals surface area (Å²) in [6.07, 6.45) is 2.99. The molecule has 1 aliphatic rings. The third-order valence-corrected chi connectivity index (χ3v) is 6.64. The van der Waals surface area contributed by atoms with Gasteiger partial charge in [-0.15, -0.1) is 0 Å². The Kier molecular flexibility index (Phi) is 6.71. The first-order chi connectivity index (χ1) is 13.9. The molecular formula is C20H25N3O5S.